The number of piperidine rings is 1. The normalized spacial score (nSPS) is 18.4. The number of halogens is 2. The van der Waals surface area contributed by atoms with Gasteiger partial charge in [0.1, 0.15) is 0 Å². The largest absolute Gasteiger partial charge is 0.356 e. The third-order valence-corrected chi connectivity index (χ3v) is 4.88. The molecule has 0 aromatic rings. The number of amides is 1. The van der Waals surface area contributed by atoms with Crippen molar-refractivity contribution in [1.29, 1.82) is 0 Å². The molecule has 0 radical (unpaired) electrons. The van der Waals surface area contributed by atoms with Gasteiger partial charge in [-0.2, -0.15) is 13.1 Å². The second kappa shape index (κ2) is 7.84. The van der Waals surface area contributed by atoms with E-state index in [1.54, 1.807) is 7.05 Å². The number of carbonyl (C=O) groups excluding carboxylic acids is 1. The fourth-order valence-electron chi connectivity index (χ4n) is 2.07. The molecule has 1 rings (SSSR count). The van der Waals surface area contributed by atoms with E-state index in [-0.39, 0.29) is 24.9 Å². The highest BCUT2D eigenvalue weighted by Crippen LogP contribution is 2.22. The van der Waals surface area contributed by atoms with Crippen LogP contribution in [0.15, 0.2) is 0 Å². The van der Waals surface area contributed by atoms with Gasteiger partial charge in [0, 0.05) is 32.6 Å². The second-order valence-corrected chi connectivity index (χ2v) is 6.71. The van der Waals surface area contributed by atoms with Crippen molar-refractivity contribution in [2.24, 2.45) is 5.92 Å². The molecule has 9 heteroatoms. The summed E-state index contributed by atoms with van der Waals surface area (Å²) in [4.78, 5) is 11.4. The highest BCUT2D eigenvalue weighted by Gasteiger charge is 2.34. The van der Waals surface area contributed by atoms with E-state index in [4.69, 9.17) is 0 Å². The summed E-state index contributed by atoms with van der Waals surface area (Å²) in [6, 6.07) is 0. The average molecular weight is 313 g/mol. The van der Waals surface area contributed by atoms with Gasteiger partial charge >= 0.3 is 5.76 Å². The van der Waals surface area contributed by atoms with Gasteiger partial charge < -0.3 is 10.6 Å². The van der Waals surface area contributed by atoms with Gasteiger partial charge in [0.25, 0.3) is 10.0 Å². The summed E-state index contributed by atoms with van der Waals surface area (Å²) in [5.74, 6) is -3.29. The number of hydrogen-bond donors (Lipinski definition) is 2. The minimum atomic E-state index is -4.46. The number of hydrogen-bond acceptors (Lipinski definition) is 4. The molecule has 118 valence electrons. The van der Waals surface area contributed by atoms with Gasteiger partial charge in [-0.3, -0.25) is 4.79 Å². The van der Waals surface area contributed by atoms with Crippen molar-refractivity contribution in [3.05, 3.63) is 0 Å². The van der Waals surface area contributed by atoms with E-state index in [2.05, 4.69) is 10.6 Å². The lowest BCUT2D eigenvalue weighted by Gasteiger charge is -2.30. The molecule has 0 aromatic carbocycles. The van der Waals surface area contributed by atoms with E-state index in [1.165, 1.54) is 0 Å². The second-order valence-electron chi connectivity index (χ2n) is 4.81. The molecular formula is C11H21F2N3O3S. The maximum atomic E-state index is 12.4. The Morgan fingerprint density at radius 2 is 1.95 bits per heavy atom. The van der Waals surface area contributed by atoms with Gasteiger partial charge in [0.2, 0.25) is 5.91 Å². The standard InChI is InChI=1S/C11H21F2N3O3S/c1-14-5-2-10(17)15-8-9-3-6-16(7-4-9)20(18,19)11(12)13/h9,11,14H,2-8H2,1H3,(H,15,17). The number of sulfonamides is 1. The van der Waals surface area contributed by atoms with Gasteiger partial charge in [0.05, 0.1) is 0 Å². The summed E-state index contributed by atoms with van der Waals surface area (Å²) >= 11 is 0. The first-order valence-electron chi connectivity index (χ1n) is 6.56. The minimum absolute atomic E-state index is 0.0676. The zero-order chi connectivity index (χ0) is 15.2. The first-order valence-corrected chi connectivity index (χ1v) is 8.06. The molecule has 1 aliphatic rings. The van der Waals surface area contributed by atoms with Crippen LogP contribution in [-0.2, 0) is 14.8 Å². The van der Waals surface area contributed by atoms with Crippen LogP contribution in [0.25, 0.3) is 0 Å². The van der Waals surface area contributed by atoms with Crippen LogP contribution in [0.4, 0.5) is 8.78 Å². The Labute approximate surface area is 117 Å². The van der Waals surface area contributed by atoms with Gasteiger partial charge in [-0.05, 0) is 25.8 Å². The van der Waals surface area contributed by atoms with Crippen LogP contribution in [0.3, 0.4) is 0 Å². The maximum absolute atomic E-state index is 12.4. The van der Waals surface area contributed by atoms with Crippen molar-refractivity contribution in [1.82, 2.24) is 14.9 Å². The molecule has 0 aliphatic carbocycles. The predicted octanol–water partition coefficient (Wildman–Crippen LogP) is -0.0235. The lowest BCUT2D eigenvalue weighted by Crippen LogP contribution is -2.43. The molecule has 1 aliphatic heterocycles. The number of nitrogens with zero attached hydrogens (tertiary/aromatic N) is 1. The molecule has 0 saturated carbocycles. The molecule has 0 bridgehead atoms. The summed E-state index contributed by atoms with van der Waals surface area (Å²) in [5, 5.41) is 5.63. The fourth-order valence-corrected chi connectivity index (χ4v) is 3.01. The smallest absolute Gasteiger partial charge is 0.350 e. The summed E-state index contributed by atoms with van der Waals surface area (Å²) in [7, 11) is -2.71. The van der Waals surface area contributed by atoms with Crippen molar-refractivity contribution >= 4 is 15.9 Å². The monoisotopic (exact) mass is 313 g/mol. The maximum Gasteiger partial charge on any atom is 0.350 e. The minimum Gasteiger partial charge on any atom is -0.356 e. The zero-order valence-corrected chi connectivity index (χ0v) is 12.3. The van der Waals surface area contributed by atoms with E-state index in [0.717, 1.165) is 4.31 Å². The Hall–Kier alpha value is -0.800. The number of rotatable bonds is 7. The van der Waals surface area contributed by atoms with E-state index in [9.17, 15) is 22.0 Å². The average Bonchev–Trinajstić information content (AvgIpc) is 2.43. The third-order valence-electron chi connectivity index (χ3n) is 3.35. The van der Waals surface area contributed by atoms with Crippen molar-refractivity contribution in [3.63, 3.8) is 0 Å². The molecule has 1 heterocycles. The van der Waals surface area contributed by atoms with Crippen LogP contribution >= 0.6 is 0 Å². The first kappa shape index (κ1) is 17.3. The molecule has 0 spiro atoms. The third kappa shape index (κ3) is 4.95. The highest BCUT2D eigenvalue weighted by atomic mass is 32.2. The Balaban J connectivity index is 2.31. The Bertz CT molecular complexity index is 409. The molecule has 1 amide bonds. The molecule has 0 unspecified atom stereocenters. The van der Waals surface area contributed by atoms with Crippen molar-refractivity contribution < 1.29 is 22.0 Å². The Morgan fingerprint density at radius 1 is 1.35 bits per heavy atom. The van der Waals surface area contributed by atoms with Gasteiger partial charge in [-0.1, -0.05) is 0 Å². The molecule has 1 fully saturated rings. The van der Waals surface area contributed by atoms with Gasteiger partial charge in [0.15, 0.2) is 0 Å². The van der Waals surface area contributed by atoms with Crippen LogP contribution in [0, 0.1) is 5.92 Å². The molecule has 20 heavy (non-hydrogen) atoms. The predicted molar refractivity (Wildman–Crippen MR) is 70.8 cm³/mol. The van der Waals surface area contributed by atoms with E-state index in [0.29, 0.717) is 32.4 Å². The van der Waals surface area contributed by atoms with Crippen LogP contribution < -0.4 is 10.6 Å². The molecule has 1 saturated heterocycles. The fraction of sp³-hybridized carbons (Fsp3) is 0.909. The zero-order valence-electron chi connectivity index (χ0n) is 11.4. The van der Waals surface area contributed by atoms with E-state index < -0.39 is 15.8 Å². The first-order chi connectivity index (χ1) is 9.37. The van der Waals surface area contributed by atoms with Crippen LogP contribution in [0.2, 0.25) is 0 Å². The van der Waals surface area contributed by atoms with Crippen LogP contribution in [0.5, 0.6) is 0 Å². The SMILES string of the molecule is CNCCC(=O)NCC1CCN(S(=O)(=O)C(F)F)CC1. The topological polar surface area (TPSA) is 78.5 Å². The quantitative estimate of drug-likeness (QED) is 0.692. The highest BCUT2D eigenvalue weighted by molar-refractivity contribution is 7.89. The molecule has 0 aromatic heterocycles. The van der Waals surface area contributed by atoms with E-state index >= 15 is 0 Å². The molecule has 2 N–H and O–H groups in total. The van der Waals surface area contributed by atoms with Crippen LogP contribution in [0.1, 0.15) is 19.3 Å². The van der Waals surface area contributed by atoms with E-state index in [1.807, 2.05) is 0 Å². The van der Waals surface area contributed by atoms with Crippen molar-refractivity contribution in [2.75, 3.05) is 33.2 Å². The molecular weight excluding hydrogens is 292 g/mol. The molecule has 0 atom stereocenters. The van der Waals surface area contributed by atoms with Gasteiger partial charge in [-0.15, -0.1) is 0 Å². The van der Waals surface area contributed by atoms with Crippen molar-refractivity contribution in [2.45, 2.75) is 25.0 Å². The summed E-state index contributed by atoms with van der Waals surface area (Å²) in [5.41, 5.74) is 0. The van der Waals surface area contributed by atoms with Gasteiger partial charge in [-0.25, -0.2) is 8.42 Å². The summed E-state index contributed by atoms with van der Waals surface area (Å²) in [6.07, 6.45) is 1.35. The summed E-state index contributed by atoms with van der Waals surface area (Å²) in [6.45, 7) is 1.23. The number of carbonyl (C=O) groups is 1. The molecule has 6 nitrogen and oxygen atoms in total. The lowest BCUT2D eigenvalue weighted by atomic mass is 9.98. The number of nitrogens with one attached hydrogen (secondary N) is 2. The number of alkyl halides is 2. The summed E-state index contributed by atoms with van der Waals surface area (Å²) < 4.78 is 48.1. The Morgan fingerprint density at radius 3 is 2.45 bits per heavy atom. The lowest BCUT2D eigenvalue weighted by molar-refractivity contribution is -0.121. The Kier molecular flexibility index (Phi) is 6.77. The van der Waals surface area contributed by atoms with Crippen molar-refractivity contribution in [3.8, 4) is 0 Å². The van der Waals surface area contributed by atoms with Crippen LogP contribution in [-0.4, -0.2) is 57.6 Å².